The van der Waals surface area contributed by atoms with Crippen LogP contribution in [0.25, 0.3) is 11.3 Å². The molecular formula is C19H29N5. The van der Waals surface area contributed by atoms with Gasteiger partial charge in [-0.3, -0.25) is 0 Å². The molecule has 1 heterocycles. The van der Waals surface area contributed by atoms with E-state index in [0.29, 0.717) is 11.9 Å². The average Bonchev–Trinajstić information content (AvgIpc) is 2.57. The van der Waals surface area contributed by atoms with Crippen molar-refractivity contribution in [2.24, 2.45) is 5.92 Å². The number of anilines is 2. The van der Waals surface area contributed by atoms with Crippen LogP contribution in [-0.4, -0.2) is 48.6 Å². The molecule has 5 nitrogen and oxygen atoms in total. The molecule has 5 heteroatoms. The predicted molar refractivity (Wildman–Crippen MR) is 102 cm³/mol. The molecule has 2 N–H and O–H groups in total. The van der Waals surface area contributed by atoms with Crippen molar-refractivity contribution in [1.82, 2.24) is 14.9 Å². The second kappa shape index (κ2) is 9.23. The summed E-state index contributed by atoms with van der Waals surface area (Å²) in [5, 5.41) is 6.75. The van der Waals surface area contributed by atoms with Crippen LogP contribution >= 0.6 is 0 Å². The van der Waals surface area contributed by atoms with Gasteiger partial charge in [-0.05, 0) is 33.0 Å². The maximum Gasteiger partial charge on any atom is 0.225 e. The first-order valence-corrected chi connectivity index (χ1v) is 8.61. The van der Waals surface area contributed by atoms with Gasteiger partial charge in [0, 0.05) is 24.7 Å². The third-order valence-electron chi connectivity index (χ3n) is 3.55. The molecule has 0 aliphatic rings. The quantitative estimate of drug-likeness (QED) is 0.690. The summed E-state index contributed by atoms with van der Waals surface area (Å²) in [5.41, 5.74) is 2.04. The van der Waals surface area contributed by atoms with Crippen LogP contribution in [0.5, 0.6) is 0 Å². The molecular weight excluding hydrogens is 298 g/mol. The minimum absolute atomic E-state index is 0.547. The third kappa shape index (κ3) is 6.16. The summed E-state index contributed by atoms with van der Waals surface area (Å²) in [6.45, 7) is 7.16. The molecule has 2 rings (SSSR count). The molecule has 130 valence electrons. The van der Waals surface area contributed by atoms with E-state index in [1.54, 1.807) is 0 Å². The van der Waals surface area contributed by atoms with Crippen LogP contribution in [0.15, 0.2) is 36.4 Å². The van der Waals surface area contributed by atoms with Gasteiger partial charge in [-0.25, -0.2) is 4.98 Å². The van der Waals surface area contributed by atoms with Gasteiger partial charge in [0.25, 0.3) is 0 Å². The molecule has 0 unspecified atom stereocenters. The lowest BCUT2D eigenvalue weighted by Gasteiger charge is -2.13. The Morgan fingerprint density at radius 2 is 1.79 bits per heavy atom. The lowest BCUT2D eigenvalue weighted by molar-refractivity contribution is 0.405. The highest BCUT2D eigenvalue weighted by Crippen LogP contribution is 2.21. The Balaban J connectivity index is 2.14. The Kier molecular flexibility index (Phi) is 7.00. The molecule has 2 aromatic rings. The molecule has 0 bridgehead atoms. The van der Waals surface area contributed by atoms with Gasteiger partial charge in [-0.2, -0.15) is 4.98 Å². The Hall–Kier alpha value is -2.14. The van der Waals surface area contributed by atoms with Gasteiger partial charge in [-0.1, -0.05) is 44.2 Å². The van der Waals surface area contributed by atoms with Crippen LogP contribution < -0.4 is 10.6 Å². The summed E-state index contributed by atoms with van der Waals surface area (Å²) in [6.07, 6.45) is 1.08. The highest BCUT2D eigenvalue weighted by Gasteiger charge is 2.07. The van der Waals surface area contributed by atoms with Gasteiger partial charge in [0.2, 0.25) is 5.95 Å². The zero-order valence-electron chi connectivity index (χ0n) is 15.2. The molecule has 0 aliphatic carbocycles. The Morgan fingerprint density at radius 1 is 1.04 bits per heavy atom. The first-order valence-electron chi connectivity index (χ1n) is 8.61. The fourth-order valence-corrected chi connectivity index (χ4v) is 2.28. The van der Waals surface area contributed by atoms with E-state index in [-0.39, 0.29) is 0 Å². The van der Waals surface area contributed by atoms with Gasteiger partial charge < -0.3 is 15.5 Å². The van der Waals surface area contributed by atoms with Gasteiger partial charge in [0.15, 0.2) is 0 Å². The van der Waals surface area contributed by atoms with Gasteiger partial charge in [0.1, 0.15) is 5.82 Å². The van der Waals surface area contributed by atoms with E-state index in [2.05, 4.69) is 65.6 Å². The van der Waals surface area contributed by atoms with Crippen molar-refractivity contribution >= 4 is 11.8 Å². The highest BCUT2D eigenvalue weighted by molar-refractivity contribution is 5.64. The first kappa shape index (κ1) is 18.2. The number of rotatable bonds is 9. The minimum Gasteiger partial charge on any atom is -0.370 e. The maximum atomic E-state index is 4.66. The van der Waals surface area contributed by atoms with Crippen molar-refractivity contribution < 1.29 is 0 Å². The topological polar surface area (TPSA) is 53.1 Å². The fourth-order valence-electron chi connectivity index (χ4n) is 2.28. The molecule has 0 saturated heterocycles. The van der Waals surface area contributed by atoms with Crippen LogP contribution in [0, 0.1) is 5.92 Å². The molecule has 0 aliphatic heterocycles. The normalized spacial score (nSPS) is 11.1. The molecule has 0 fully saturated rings. The lowest BCUT2D eigenvalue weighted by atomic mass is 10.1. The second-order valence-corrected chi connectivity index (χ2v) is 6.69. The summed E-state index contributed by atoms with van der Waals surface area (Å²) >= 11 is 0. The van der Waals surface area contributed by atoms with Crippen molar-refractivity contribution in [3.63, 3.8) is 0 Å². The molecule has 24 heavy (non-hydrogen) atoms. The third-order valence-corrected chi connectivity index (χ3v) is 3.55. The predicted octanol–water partition coefficient (Wildman–Crippen LogP) is 3.58. The Labute approximate surface area is 145 Å². The van der Waals surface area contributed by atoms with E-state index in [4.69, 9.17) is 0 Å². The summed E-state index contributed by atoms with van der Waals surface area (Å²) in [7, 11) is 4.18. The van der Waals surface area contributed by atoms with Crippen LogP contribution in [0.1, 0.15) is 20.3 Å². The van der Waals surface area contributed by atoms with Crippen LogP contribution in [0.4, 0.5) is 11.8 Å². The molecule has 0 atom stereocenters. The van der Waals surface area contributed by atoms with E-state index in [1.807, 2.05) is 24.3 Å². The highest BCUT2D eigenvalue weighted by atomic mass is 15.1. The summed E-state index contributed by atoms with van der Waals surface area (Å²) in [5.74, 6) is 2.10. The largest absolute Gasteiger partial charge is 0.370 e. The molecule has 1 aromatic carbocycles. The number of nitrogens with one attached hydrogen (secondary N) is 2. The number of hydrogen-bond acceptors (Lipinski definition) is 5. The van der Waals surface area contributed by atoms with Crippen molar-refractivity contribution in [3.05, 3.63) is 36.4 Å². The first-order chi connectivity index (χ1) is 11.5. The zero-order chi connectivity index (χ0) is 17.4. The Bertz CT molecular complexity index is 610. The van der Waals surface area contributed by atoms with Crippen molar-refractivity contribution in [1.29, 1.82) is 0 Å². The summed E-state index contributed by atoms with van der Waals surface area (Å²) < 4.78 is 0. The van der Waals surface area contributed by atoms with Gasteiger partial charge >= 0.3 is 0 Å². The fraction of sp³-hybridized carbons (Fsp3) is 0.474. The lowest BCUT2D eigenvalue weighted by Crippen LogP contribution is -2.17. The van der Waals surface area contributed by atoms with E-state index in [9.17, 15) is 0 Å². The van der Waals surface area contributed by atoms with Crippen molar-refractivity contribution in [2.75, 3.05) is 44.4 Å². The number of benzene rings is 1. The second-order valence-electron chi connectivity index (χ2n) is 6.69. The maximum absolute atomic E-state index is 4.66. The van der Waals surface area contributed by atoms with E-state index in [0.717, 1.165) is 43.1 Å². The number of nitrogens with zero attached hydrogens (tertiary/aromatic N) is 3. The van der Waals surface area contributed by atoms with E-state index in [1.165, 1.54) is 0 Å². The minimum atomic E-state index is 0.547. The zero-order valence-corrected chi connectivity index (χ0v) is 15.2. The van der Waals surface area contributed by atoms with Crippen LogP contribution in [-0.2, 0) is 0 Å². The van der Waals surface area contributed by atoms with Crippen LogP contribution in [0.2, 0.25) is 0 Å². The smallest absolute Gasteiger partial charge is 0.225 e. The number of hydrogen-bond donors (Lipinski definition) is 2. The number of aromatic nitrogens is 2. The summed E-state index contributed by atoms with van der Waals surface area (Å²) in [6, 6.07) is 12.2. The van der Waals surface area contributed by atoms with Crippen molar-refractivity contribution in [3.8, 4) is 11.3 Å². The summed E-state index contributed by atoms with van der Waals surface area (Å²) in [4.78, 5) is 11.4. The standard InChI is InChI=1S/C19H29N5/c1-15(2)14-21-19-22-17(16-9-6-5-7-10-16)13-18(23-19)20-11-8-12-24(3)4/h5-7,9-10,13,15H,8,11-12,14H2,1-4H3,(H2,20,21,22,23). The average molecular weight is 327 g/mol. The van der Waals surface area contributed by atoms with E-state index >= 15 is 0 Å². The molecule has 0 radical (unpaired) electrons. The molecule has 0 amide bonds. The van der Waals surface area contributed by atoms with Crippen molar-refractivity contribution in [2.45, 2.75) is 20.3 Å². The van der Waals surface area contributed by atoms with Gasteiger partial charge in [0.05, 0.1) is 5.69 Å². The molecule has 1 aromatic heterocycles. The monoisotopic (exact) mass is 327 g/mol. The van der Waals surface area contributed by atoms with Crippen LogP contribution in [0.3, 0.4) is 0 Å². The molecule has 0 spiro atoms. The van der Waals surface area contributed by atoms with E-state index < -0.39 is 0 Å². The molecule has 0 saturated carbocycles. The Morgan fingerprint density at radius 3 is 2.46 bits per heavy atom. The SMILES string of the molecule is CC(C)CNc1nc(NCCCN(C)C)cc(-c2ccccc2)n1. The van der Waals surface area contributed by atoms with Gasteiger partial charge in [-0.15, -0.1) is 0 Å².